The Morgan fingerprint density at radius 2 is 2.10 bits per heavy atom. The topological polar surface area (TPSA) is 43.8 Å². The lowest BCUT2D eigenvalue weighted by molar-refractivity contribution is 0.628. The van der Waals surface area contributed by atoms with E-state index in [-0.39, 0.29) is 5.82 Å². The molecule has 0 fully saturated rings. The van der Waals surface area contributed by atoms with Crippen LogP contribution in [-0.4, -0.2) is 9.78 Å². The lowest BCUT2D eigenvalue weighted by Gasteiger charge is -2.03. The van der Waals surface area contributed by atoms with Gasteiger partial charge in [0.15, 0.2) is 0 Å². The van der Waals surface area contributed by atoms with Crippen LogP contribution >= 0.6 is 11.3 Å². The first-order valence-corrected chi connectivity index (χ1v) is 7.59. The van der Waals surface area contributed by atoms with E-state index in [1.807, 2.05) is 12.1 Å². The zero-order valence-electron chi connectivity index (χ0n) is 11.9. The number of nitrogens with zero attached hydrogens (tertiary/aromatic N) is 2. The molecule has 0 spiro atoms. The average Bonchev–Trinajstić information content (AvgIpc) is 3.05. The van der Waals surface area contributed by atoms with E-state index < -0.39 is 0 Å². The molecule has 1 aromatic carbocycles. The highest BCUT2D eigenvalue weighted by Gasteiger charge is 2.19. The maximum absolute atomic E-state index is 13.5. The van der Waals surface area contributed by atoms with Crippen molar-refractivity contribution in [2.45, 2.75) is 13.3 Å². The van der Waals surface area contributed by atoms with Crippen LogP contribution in [0, 0.1) is 5.82 Å². The highest BCUT2D eigenvalue weighted by molar-refractivity contribution is 7.15. The maximum atomic E-state index is 13.5. The SMILES string of the molecule is CCc1ccc(-c2nn(C)c(N)c2-c2cccc(F)c2)s1. The molecule has 2 aromatic heterocycles. The van der Waals surface area contributed by atoms with Gasteiger partial charge in [-0.15, -0.1) is 11.3 Å². The standard InChI is InChI=1S/C16H16FN3S/c1-3-12-7-8-13(21-12)15-14(16(18)20(2)19-15)10-5-4-6-11(17)9-10/h4-9H,3,18H2,1-2H3. The molecule has 0 saturated carbocycles. The monoisotopic (exact) mass is 301 g/mol. The summed E-state index contributed by atoms with van der Waals surface area (Å²) >= 11 is 1.70. The summed E-state index contributed by atoms with van der Waals surface area (Å²) in [5.74, 6) is 0.268. The Morgan fingerprint density at radius 1 is 1.29 bits per heavy atom. The molecule has 0 bridgehead atoms. The molecule has 3 rings (SSSR count). The number of anilines is 1. The van der Waals surface area contributed by atoms with Crippen molar-refractivity contribution < 1.29 is 4.39 Å². The van der Waals surface area contributed by atoms with Crippen LogP contribution in [0.1, 0.15) is 11.8 Å². The summed E-state index contributed by atoms with van der Waals surface area (Å²) in [5.41, 5.74) is 8.50. The minimum absolute atomic E-state index is 0.276. The first kappa shape index (κ1) is 13.8. The zero-order valence-corrected chi connectivity index (χ0v) is 12.7. The molecular weight excluding hydrogens is 285 g/mol. The van der Waals surface area contributed by atoms with Crippen molar-refractivity contribution in [2.75, 3.05) is 5.73 Å². The van der Waals surface area contributed by atoms with Gasteiger partial charge in [0.25, 0.3) is 0 Å². The Morgan fingerprint density at radius 3 is 2.76 bits per heavy atom. The van der Waals surface area contributed by atoms with Gasteiger partial charge in [-0.3, -0.25) is 4.68 Å². The smallest absolute Gasteiger partial charge is 0.129 e. The van der Waals surface area contributed by atoms with Crippen molar-refractivity contribution in [1.29, 1.82) is 0 Å². The predicted octanol–water partition coefficient (Wildman–Crippen LogP) is 4.10. The van der Waals surface area contributed by atoms with E-state index in [1.165, 1.54) is 17.0 Å². The summed E-state index contributed by atoms with van der Waals surface area (Å²) < 4.78 is 15.2. The summed E-state index contributed by atoms with van der Waals surface area (Å²) in [5, 5.41) is 4.51. The van der Waals surface area contributed by atoms with Gasteiger partial charge in [-0.2, -0.15) is 5.10 Å². The number of benzene rings is 1. The van der Waals surface area contributed by atoms with E-state index in [9.17, 15) is 4.39 Å². The van der Waals surface area contributed by atoms with Crippen LogP contribution in [0.3, 0.4) is 0 Å². The maximum Gasteiger partial charge on any atom is 0.129 e. The number of hydrogen-bond donors (Lipinski definition) is 1. The van der Waals surface area contributed by atoms with E-state index in [4.69, 9.17) is 5.73 Å². The third kappa shape index (κ3) is 2.45. The highest BCUT2D eigenvalue weighted by Crippen LogP contribution is 2.38. The normalized spacial score (nSPS) is 11.0. The van der Waals surface area contributed by atoms with Crippen LogP contribution in [0.4, 0.5) is 10.2 Å². The van der Waals surface area contributed by atoms with Crippen LogP contribution in [0.15, 0.2) is 36.4 Å². The molecule has 0 saturated heterocycles. The van der Waals surface area contributed by atoms with Gasteiger partial charge >= 0.3 is 0 Å². The number of nitrogens with two attached hydrogens (primary N) is 1. The van der Waals surface area contributed by atoms with Gasteiger partial charge in [0.05, 0.1) is 10.4 Å². The third-order valence-corrected chi connectivity index (χ3v) is 4.68. The molecule has 108 valence electrons. The molecule has 5 heteroatoms. The number of nitrogen functional groups attached to an aromatic ring is 1. The molecule has 3 nitrogen and oxygen atoms in total. The quantitative estimate of drug-likeness (QED) is 0.791. The number of halogens is 1. The summed E-state index contributed by atoms with van der Waals surface area (Å²) in [6, 6.07) is 10.6. The second kappa shape index (κ2) is 5.33. The van der Waals surface area contributed by atoms with Gasteiger partial charge in [0.1, 0.15) is 17.3 Å². The summed E-state index contributed by atoms with van der Waals surface area (Å²) in [4.78, 5) is 2.35. The van der Waals surface area contributed by atoms with Crippen molar-refractivity contribution in [3.8, 4) is 21.7 Å². The van der Waals surface area contributed by atoms with E-state index in [0.29, 0.717) is 5.82 Å². The summed E-state index contributed by atoms with van der Waals surface area (Å²) in [7, 11) is 1.80. The molecule has 0 radical (unpaired) electrons. The lowest BCUT2D eigenvalue weighted by Crippen LogP contribution is -1.98. The minimum Gasteiger partial charge on any atom is -0.383 e. The molecule has 0 atom stereocenters. The largest absolute Gasteiger partial charge is 0.383 e. The van der Waals surface area contributed by atoms with Gasteiger partial charge < -0.3 is 5.73 Å². The first-order chi connectivity index (χ1) is 10.1. The summed E-state index contributed by atoms with van der Waals surface area (Å²) in [6.45, 7) is 2.12. The van der Waals surface area contributed by atoms with Crippen molar-refractivity contribution in [1.82, 2.24) is 9.78 Å². The Balaban J connectivity index is 2.20. The van der Waals surface area contributed by atoms with Crippen LogP contribution in [0.25, 0.3) is 21.7 Å². The van der Waals surface area contributed by atoms with Crippen LogP contribution in [0.5, 0.6) is 0 Å². The fourth-order valence-electron chi connectivity index (χ4n) is 2.33. The van der Waals surface area contributed by atoms with Crippen LogP contribution < -0.4 is 5.73 Å². The van der Waals surface area contributed by atoms with Gasteiger partial charge in [-0.1, -0.05) is 19.1 Å². The van der Waals surface area contributed by atoms with E-state index in [2.05, 4.69) is 18.1 Å². The first-order valence-electron chi connectivity index (χ1n) is 6.77. The zero-order chi connectivity index (χ0) is 15.0. The Kier molecular flexibility index (Phi) is 3.51. The van der Waals surface area contributed by atoms with Crippen LogP contribution in [0.2, 0.25) is 0 Å². The fraction of sp³-hybridized carbons (Fsp3) is 0.188. The van der Waals surface area contributed by atoms with Crippen molar-refractivity contribution >= 4 is 17.2 Å². The number of hydrogen-bond acceptors (Lipinski definition) is 3. The molecule has 2 heterocycles. The number of aromatic nitrogens is 2. The van der Waals surface area contributed by atoms with E-state index >= 15 is 0 Å². The second-order valence-corrected chi connectivity index (χ2v) is 6.03. The molecule has 3 aromatic rings. The van der Waals surface area contributed by atoms with E-state index in [0.717, 1.165) is 28.1 Å². The second-order valence-electron chi connectivity index (χ2n) is 4.86. The molecule has 0 aliphatic carbocycles. The average molecular weight is 301 g/mol. The molecule has 2 N–H and O–H groups in total. The van der Waals surface area contributed by atoms with Crippen LogP contribution in [-0.2, 0) is 13.5 Å². The van der Waals surface area contributed by atoms with E-state index in [1.54, 1.807) is 29.1 Å². The molecular formula is C16H16FN3S. The highest BCUT2D eigenvalue weighted by atomic mass is 32.1. The molecule has 0 unspecified atom stereocenters. The molecule has 21 heavy (non-hydrogen) atoms. The van der Waals surface area contributed by atoms with Crippen molar-refractivity contribution in [3.05, 3.63) is 47.1 Å². The predicted molar refractivity (Wildman–Crippen MR) is 85.7 cm³/mol. The van der Waals surface area contributed by atoms with Gasteiger partial charge in [0, 0.05) is 11.9 Å². The number of aryl methyl sites for hydroxylation is 2. The Bertz CT molecular complexity index is 789. The van der Waals surface area contributed by atoms with Gasteiger partial charge in [0.2, 0.25) is 0 Å². The Labute approximate surface area is 126 Å². The molecule has 0 amide bonds. The lowest BCUT2D eigenvalue weighted by atomic mass is 10.0. The minimum atomic E-state index is -0.276. The van der Waals surface area contributed by atoms with Crippen molar-refractivity contribution in [2.24, 2.45) is 7.05 Å². The molecule has 0 aliphatic rings. The van der Waals surface area contributed by atoms with Crippen molar-refractivity contribution in [3.63, 3.8) is 0 Å². The fourth-order valence-corrected chi connectivity index (χ4v) is 3.27. The number of thiophene rings is 1. The third-order valence-electron chi connectivity index (χ3n) is 3.45. The number of rotatable bonds is 3. The molecule has 0 aliphatic heterocycles. The summed E-state index contributed by atoms with van der Waals surface area (Å²) in [6.07, 6.45) is 0.988. The Hall–Kier alpha value is -2.14. The van der Waals surface area contributed by atoms with Gasteiger partial charge in [-0.05, 0) is 36.2 Å². The van der Waals surface area contributed by atoms with Gasteiger partial charge in [-0.25, -0.2) is 4.39 Å².